The molecule has 0 aromatic heterocycles. The van der Waals surface area contributed by atoms with E-state index in [1.807, 2.05) is 0 Å². The number of terminal acetylenes is 3. The van der Waals surface area contributed by atoms with Gasteiger partial charge in [0.1, 0.15) is 0.594 Å². The van der Waals surface area contributed by atoms with Gasteiger partial charge in [-0.25, -0.2) is 0 Å². The first-order valence-corrected chi connectivity index (χ1v) is 5.80. The summed E-state index contributed by atoms with van der Waals surface area (Å²) in [4.78, 5) is 0. The molecule has 0 spiro atoms. The van der Waals surface area contributed by atoms with Crippen molar-refractivity contribution in [2.75, 3.05) is 0 Å². The Kier molecular flexibility index (Phi) is 1110. The van der Waals surface area contributed by atoms with Gasteiger partial charge in [0.25, 0.3) is 0 Å². The van der Waals surface area contributed by atoms with E-state index < -0.39 is 12.8 Å². The predicted molar refractivity (Wildman–Crippen MR) is 335 cm³/mol. The van der Waals surface area contributed by atoms with Gasteiger partial charge in [0.2, 0.25) is 0 Å². The van der Waals surface area contributed by atoms with Crippen LogP contribution in [0.2, 0.25) is 0 Å². The van der Waals surface area contributed by atoms with Crippen LogP contribution in [0.4, 0.5) is 9.15 Å². The first kappa shape index (κ1) is 110. The molecular weight excluding hydrogens is 727 g/mol. The Morgan fingerprint density at radius 3 is 0.608 bits per heavy atom. The highest BCUT2D eigenvalue weighted by Gasteiger charge is 1.85. The van der Waals surface area contributed by atoms with Gasteiger partial charge in [-0.05, 0) is 47.4 Å². The van der Waals surface area contributed by atoms with Gasteiger partial charge in [-0.15, -0.1) is 49.5 Å². The maximum absolute atomic E-state index is 8.00. The maximum Gasteiger partial charge on any atom is 0.107 e. The summed E-state index contributed by atoms with van der Waals surface area (Å²) in [5, 5.41) is 0. The Hall–Kier alpha value is -1.27. The largest absolute Gasteiger partial charge is 0.124 e. The third kappa shape index (κ3) is 1780. The SMILES string of the molecule is C.C.C.C.C.C.C.C.C.C.C.C.C.C.C.C.C.C.C.C.C.C.C.C.C#C.C#CC#CC#CC#CC#C.FF.[2HH].[2HH].[2H]I.[2H][2H].[2H][2H].[2H][2H].[2H][2H].[2H][2H].[2H][2H].[2H][2H].[2H][2H].[2H][2H].[2H][2H].[2H][2H].[2H][2H].[2H][2H].[B]B([B])[B].[B][B]B([B])[B].[B][B][B].[HH].[HH]. The van der Waals surface area contributed by atoms with Gasteiger partial charge in [0.05, 0.1) is 0 Å². The van der Waals surface area contributed by atoms with Crippen molar-refractivity contribution in [3.05, 3.63) is 0 Å². The van der Waals surface area contributed by atoms with E-state index in [1.54, 1.807) is 0 Å². The molecule has 0 fully saturated rings. The summed E-state index contributed by atoms with van der Waals surface area (Å²) in [6, 6.07) is 0. The van der Waals surface area contributed by atoms with Crippen LogP contribution in [0.1, 0.15) is 223 Å². The highest BCUT2D eigenvalue weighted by molar-refractivity contribution is 14.0. The van der Waals surface area contributed by atoms with Crippen LogP contribution in [0, 0.1) is 73.1 Å². The molecule has 0 aromatic carbocycles. The Balaban J connectivity index is -0.00000000326. The van der Waals surface area contributed by atoms with Crippen molar-refractivity contribution in [1.82, 2.24) is 0 Å². The second-order valence-corrected chi connectivity index (χ2v) is 2.58. The van der Waals surface area contributed by atoms with Crippen molar-refractivity contribution in [3.8, 4) is 73.1 Å². The number of rotatable bonds is 1. The minimum Gasteiger partial charge on any atom is -0.124 e. The Bertz CT molecular complexity index is 592. The Labute approximate surface area is 417 Å². The summed E-state index contributed by atoms with van der Waals surface area (Å²) in [7, 11) is 39.8. The summed E-state index contributed by atoms with van der Waals surface area (Å²) in [5.41, 5.74) is 0. The number of hydrogen-bond donors (Lipinski definition) is 0. The minimum atomic E-state index is -0.667. The highest BCUT2D eigenvalue weighted by atomic mass is 127. The van der Waals surface area contributed by atoms with E-state index >= 15 is 0 Å². The molecule has 336 valence electrons. The molecule has 0 unspecified atom stereocenters. The van der Waals surface area contributed by atoms with Gasteiger partial charge in [-0.1, -0.05) is 178 Å². The van der Waals surface area contributed by atoms with E-state index in [-0.39, 0.29) is 184 Å². The molecule has 18 radical (unpaired) electrons. The van der Waals surface area contributed by atoms with Crippen LogP contribution in [0.3, 0.4) is 0 Å². The fourth-order valence-electron chi connectivity index (χ4n) is 0.197. The van der Waals surface area contributed by atoms with E-state index in [4.69, 9.17) is 84.4 Å². The summed E-state index contributed by atoms with van der Waals surface area (Å²) < 4.78 is 152. The van der Waals surface area contributed by atoms with E-state index in [2.05, 4.69) is 98.9 Å². The quantitative estimate of drug-likeness (QED) is 0.140. The molecule has 0 bridgehead atoms. The second kappa shape index (κ2) is 512. The first-order valence-electron chi connectivity index (χ1n) is 19.2. The van der Waals surface area contributed by atoms with Crippen molar-refractivity contribution in [3.63, 3.8) is 0 Å². The maximum atomic E-state index is 8.00. The standard InChI is InChI=1S/C10H2.C2H2.24CH4.B5.B4.B3.F2.HI.17H2/c1-3-5-7-9-10-8-6-4-2;1-2;;;;;;;;;;;;;;;;;;;;;;;;;1-4-5(2)3;1-4(2)3;1-3-2;1-2;;;;;;;;;;;;;;;;;;/h1-2H;1-2H;24*1H4;;;;;18*1H/i;;;;;;;;;;;;;;;;;;;;;;;;;;;;;;;13*1+1D;2*1+1;;/hD. The van der Waals surface area contributed by atoms with Crippen LogP contribution in [-0.4, -0.2) is 89.4 Å². The molecule has 0 aliphatic carbocycles. The van der Waals surface area contributed by atoms with Gasteiger partial charge in [0, 0.05) is 142 Å². The zero-order valence-corrected chi connectivity index (χ0v) is 16.5. The fraction of sp³-hybridized carbons (Fsp3) is 0.667. The van der Waals surface area contributed by atoms with Crippen LogP contribution in [0.5, 0.6) is 0 Å². The molecule has 0 aliphatic heterocycles. The van der Waals surface area contributed by atoms with Gasteiger partial charge in [-0.2, -0.15) is 0 Å². The van der Waals surface area contributed by atoms with Crippen molar-refractivity contribution in [2.45, 2.75) is 178 Å². The van der Waals surface area contributed by atoms with Crippen molar-refractivity contribution in [1.29, 1.82) is 0.594 Å². The molecule has 0 saturated heterocycles. The Morgan fingerprint density at radius 1 is 0.471 bits per heavy atom. The molecule has 0 rings (SSSR count). The minimum absolute atomic E-state index is 0. The molecule has 0 aromatic rings. The molecule has 0 heterocycles. The lowest BCUT2D eigenvalue weighted by Crippen LogP contribution is -2.23. The molecule has 0 N–H and O–H groups in total. The van der Waals surface area contributed by atoms with E-state index in [0.717, 1.165) is 7.06 Å². The topological polar surface area (TPSA) is 0 Å². The third-order valence-electron chi connectivity index (χ3n) is 0.679. The van der Waals surface area contributed by atoms with E-state index in [0.29, 0.717) is 0 Å². The number of hydrogen-bond acceptors (Lipinski definition) is 0. The highest BCUT2D eigenvalue weighted by Crippen LogP contribution is 1.52. The average Bonchev–Trinajstić information content (AvgIpc) is 3.31. The summed E-state index contributed by atoms with van der Waals surface area (Å²) in [6.07, 6.45) is 16.5. The van der Waals surface area contributed by atoms with Crippen LogP contribution >= 0.6 is 23.8 Å². The zero-order valence-electron chi connectivity index (χ0n) is 41.4. The van der Waals surface area contributed by atoms with Crippen molar-refractivity contribution >= 4 is 113 Å². The first-order chi connectivity index (χ1) is 26.3. The molecule has 15 heteroatoms. The van der Waals surface area contributed by atoms with E-state index in [9.17, 15) is 0 Å². The van der Waals surface area contributed by atoms with Gasteiger partial charge in [-0.3, -0.25) is 0 Å². The normalized spacial score (nSPS) is 4.33. The molecular formula is C36H135B12F2I. The smallest absolute Gasteiger partial charge is 0.107 e. The van der Waals surface area contributed by atoms with Gasteiger partial charge in [0.15, 0.2) is 0 Å². The van der Waals surface area contributed by atoms with Crippen molar-refractivity contribution < 1.29 is 53.5 Å². The zero-order chi connectivity index (χ0) is 50.2. The van der Waals surface area contributed by atoms with Gasteiger partial charge < -0.3 is 0 Å². The van der Waals surface area contributed by atoms with Crippen LogP contribution in [-0.2, 0) is 0 Å². The van der Waals surface area contributed by atoms with Gasteiger partial charge >= 0.3 is 0 Å². The van der Waals surface area contributed by atoms with Crippen molar-refractivity contribution in [2.24, 2.45) is 0 Å². The second-order valence-electron chi connectivity index (χ2n) is 2.58. The van der Waals surface area contributed by atoms with Crippen LogP contribution in [0.25, 0.3) is 0 Å². The molecule has 0 atom stereocenters. The molecule has 0 amide bonds. The lowest BCUT2D eigenvalue weighted by molar-refractivity contribution is 0.108. The molecule has 51 heavy (non-hydrogen) atoms. The third-order valence-corrected chi connectivity index (χ3v) is 0.679. The summed E-state index contributed by atoms with van der Waals surface area (Å²) in [5.74, 6) is 18.4. The Morgan fingerprint density at radius 2 is 0.549 bits per heavy atom. The predicted octanol–water partition coefficient (Wildman–Crippen LogP) is 16.8. The summed E-state index contributed by atoms with van der Waals surface area (Å²) >= 11 is 1.40. The summed E-state index contributed by atoms with van der Waals surface area (Å²) in [6.45, 7) is 0. The van der Waals surface area contributed by atoms with E-state index in [1.165, 1.54) is 30.8 Å². The monoisotopic (exact) mass is 894 g/mol. The number of halogens is 3. The van der Waals surface area contributed by atoms with Crippen LogP contribution < -0.4 is 0 Å². The van der Waals surface area contributed by atoms with Crippen LogP contribution in [0.15, 0.2) is 0 Å². The molecule has 0 aliphatic rings. The molecule has 0 nitrogen and oxygen atoms in total. The lowest BCUT2D eigenvalue weighted by Gasteiger charge is -1.85. The molecule has 0 saturated carbocycles. The fourth-order valence-corrected chi connectivity index (χ4v) is 0.197. The average molecular weight is 892 g/mol. The lowest BCUT2D eigenvalue weighted by atomic mass is 8.97.